The molecule has 0 bridgehead atoms. The van der Waals surface area contributed by atoms with E-state index in [1.807, 2.05) is 12.3 Å². The first kappa shape index (κ1) is 23.9. The molecule has 1 N–H and O–H groups in total. The summed E-state index contributed by atoms with van der Waals surface area (Å²) >= 11 is 0. The van der Waals surface area contributed by atoms with Gasteiger partial charge in [0.05, 0.1) is 35.9 Å². The Bertz CT molecular complexity index is 1300. The SMILES string of the molecule is CN1CCCC1COc1nc2c(c(N3CCNC(CC#N)C3)n1)CCN(c1cccc3cccnc13)C2. The van der Waals surface area contributed by atoms with E-state index in [2.05, 4.69) is 62.4 Å². The normalized spacial score (nSPS) is 22.2. The van der Waals surface area contributed by atoms with Crippen molar-refractivity contribution < 1.29 is 4.74 Å². The van der Waals surface area contributed by atoms with Crippen LogP contribution in [0, 0.1) is 11.3 Å². The number of likely N-dealkylation sites (N-methyl/N-ethyl adjacent to an activating group) is 1. The highest BCUT2D eigenvalue weighted by Crippen LogP contribution is 2.33. The zero-order valence-electron chi connectivity index (χ0n) is 21.4. The lowest BCUT2D eigenvalue weighted by atomic mass is 10.0. The molecule has 2 aromatic heterocycles. The minimum absolute atomic E-state index is 0.141. The fourth-order valence-corrected chi connectivity index (χ4v) is 5.89. The van der Waals surface area contributed by atoms with Gasteiger partial charge in [0, 0.05) is 55.4 Å². The van der Waals surface area contributed by atoms with E-state index >= 15 is 0 Å². The van der Waals surface area contributed by atoms with Gasteiger partial charge < -0.3 is 24.8 Å². The first-order valence-electron chi connectivity index (χ1n) is 13.4. The zero-order valence-corrected chi connectivity index (χ0v) is 21.4. The average molecular weight is 499 g/mol. The van der Waals surface area contributed by atoms with Crippen LogP contribution in [0.4, 0.5) is 11.5 Å². The van der Waals surface area contributed by atoms with E-state index in [0.717, 1.165) is 73.7 Å². The lowest BCUT2D eigenvalue weighted by Gasteiger charge is -2.37. The van der Waals surface area contributed by atoms with Gasteiger partial charge in [-0.3, -0.25) is 4.98 Å². The molecule has 9 nitrogen and oxygen atoms in total. The second-order valence-corrected chi connectivity index (χ2v) is 10.3. The minimum atomic E-state index is 0.141. The third-order valence-corrected chi connectivity index (χ3v) is 7.94. The quantitative estimate of drug-likeness (QED) is 0.551. The van der Waals surface area contributed by atoms with Gasteiger partial charge in [0.1, 0.15) is 12.4 Å². The first-order valence-corrected chi connectivity index (χ1v) is 13.4. The third-order valence-electron chi connectivity index (χ3n) is 7.94. The fraction of sp³-hybridized carbons (Fsp3) is 0.500. The van der Waals surface area contributed by atoms with Crippen molar-refractivity contribution in [3.63, 3.8) is 0 Å². The van der Waals surface area contributed by atoms with Crippen molar-refractivity contribution in [1.29, 1.82) is 5.26 Å². The lowest BCUT2D eigenvalue weighted by Crippen LogP contribution is -2.51. The molecule has 9 heteroatoms. The molecule has 6 rings (SSSR count). The van der Waals surface area contributed by atoms with E-state index in [9.17, 15) is 5.26 Å². The highest BCUT2D eigenvalue weighted by atomic mass is 16.5. The molecule has 2 saturated heterocycles. The molecule has 2 atom stereocenters. The number of rotatable bonds is 6. The van der Waals surface area contributed by atoms with Crippen LogP contribution in [-0.4, -0.2) is 78.3 Å². The van der Waals surface area contributed by atoms with Crippen molar-refractivity contribution in [3.05, 3.63) is 47.8 Å². The number of nitrogens with one attached hydrogen (secondary N) is 1. The number of benzene rings is 1. The van der Waals surface area contributed by atoms with Gasteiger partial charge in [0.15, 0.2) is 0 Å². The van der Waals surface area contributed by atoms with E-state index in [1.54, 1.807) is 0 Å². The number of hydrogen-bond acceptors (Lipinski definition) is 9. The summed E-state index contributed by atoms with van der Waals surface area (Å²) in [4.78, 5) is 21.7. The zero-order chi connectivity index (χ0) is 25.2. The molecule has 192 valence electrons. The number of ether oxygens (including phenoxy) is 1. The Morgan fingerprint density at radius 2 is 2.05 bits per heavy atom. The van der Waals surface area contributed by atoms with Crippen molar-refractivity contribution in [1.82, 2.24) is 25.2 Å². The summed E-state index contributed by atoms with van der Waals surface area (Å²) in [7, 11) is 2.16. The van der Waals surface area contributed by atoms with Crippen LogP contribution in [0.25, 0.3) is 10.9 Å². The Balaban J connectivity index is 1.32. The summed E-state index contributed by atoms with van der Waals surface area (Å²) in [6.07, 6.45) is 5.55. The van der Waals surface area contributed by atoms with Gasteiger partial charge in [0.2, 0.25) is 0 Å². The first-order chi connectivity index (χ1) is 18.2. The summed E-state index contributed by atoms with van der Waals surface area (Å²) in [5, 5.41) is 13.9. The average Bonchev–Trinajstić information content (AvgIpc) is 3.35. The number of aromatic nitrogens is 3. The number of nitriles is 1. The molecular weight excluding hydrogens is 464 g/mol. The van der Waals surface area contributed by atoms with Crippen molar-refractivity contribution in [2.75, 3.05) is 56.2 Å². The van der Waals surface area contributed by atoms with Gasteiger partial charge >= 0.3 is 6.01 Å². The van der Waals surface area contributed by atoms with E-state index in [-0.39, 0.29) is 6.04 Å². The molecule has 37 heavy (non-hydrogen) atoms. The topological polar surface area (TPSA) is 93.4 Å². The Morgan fingerprint density at radius 1 is 1.14 bits per heavy atom. The van der Waals surface area contributed by atoms with E-state index in [4.69, 9.17) is 14.7 Å². The molecule has 0 amide bonds. The molecule has 3 aliphatic heterocycles. The predicted molar refractivity (Wildman–Crippen MR) is 144 cm³/mol. The Morgan fingerprint density at radius 3 is 2.92 bits per heavy atom. The monoisotopic (exact) mass is 498 g/mol. The predicted octanol–water partition coefficient (Wildman–Crippen LogP) is 2.75. The maximum Gasteiger partial charge on any atom is 0.318 e. The molecule has 1 aromatic carbocycles. The van der Waals surface area contributed by atoms with Crippen LogP contribution in [0.15, 0.2) is 36.5 Å². The van der Waals surface area contributed by atoms with Crippen molar-refractivity contribution >= 4 is 22.4 Å². The van der Waals surface area contributed by atoms with Crippen LogP contribution in [0.1, 0.15) is 30.5 Å². The third kappa shape index (κ3) is 4.91. The van der Waals surface area contributed by atoms with E-state index in [1.165, 1.54) is 12.0 Å². The van der Waals surface area contributed by atoms with Gasteiger partial charge in [-0.05, 0) is 45.0 Å². The number of piperazine rings is 1. The van der Waals surface area contributed by atoms with Crippen molar-refractivity contribution in [2.45, 2.75) is 44.3 Å². The maximum absolute atomic E-state index is 9.25. The molecule has 0 saturated carbocycles. The van der Waals surface area contributed by atoms with Crippen LogP contribution < -0.4 is 19.9 Å². The fourth-order valence-electron chi connectivity index (χ4n) is 5.89. The summed E-state index contributed by atoms with van der Waals surface area (Å²) in [5.41, 5.74) is 4.38. The summed E-state index contributed by atoms with van der Waals surface area (Å²) in [6.45, 7) is 5.73. The van der Waals surface area contributed by atoms with E-state index in [0.29, 0.717) is 31.6 Å². The van der Waals surface area contributed by atoms with Crippen LogP contribution in [0.3, 0.4) is 0 Å². The van der Waals surface area contributed by atoms with Crippen molar-refractivity contribution in [2.24, 2.45) is 0 Å². The van der Waals surface area contributed by atoms with Gasteiger partial charge in [-0.15, -0.1) is 0 Å². The summed E-state index contributed by atoms with van der Waals surface area (Å²) < 4.78 is 6.25. The number of anilines is 2. The highest BCUT2D eigenvalue weighted by molar-refractivity contribution is 5.90. The number of hydrogen-bond donors (Lipinski definition) is 1. The molecule has 0 spiro atoms. The second kappa shape index (κ2) is 10.5. The molecule has 0 aliphatic carbocycles. The van der Waals surface area contributed by atoms with Crippen LogP contribution in [0.2, 0.25) is 0 Å². The molecule has 2 unspecified atom stereocenters. The molecule has 0 radical (unpaired) electrons. The Kier molecular flexibility index (Phi) is 6.77. The molecule has 3 aliphatic rings. The van der Waals surface area contributed by atoms with Crippen LogP contribution >= 0.6 is 0 Å². The number of pyridine rings is 1. The van der Waals surface area contributed by atoms with Gasteiger partial charge in [-0.1, -0.05) is 18.2 Å². The lowest BCUT2D eigenvalue weighted by molar-refractivity contribution is 0.187. The molecule has 3 aromatic rings. The summed E-state index contributed by atoms with van der Waals surface area (Å²) in [5.74, 6) is 0.972. The van der Waals surface area contributed by atoms with Gasteiger partial charge in [0.25, 0.3) is 0 Å². The van der Waals surface area contributed by atoms with Crippen LogP contribution in [0.5, 0.6) is 6.01 Å². The molecule has 5 heterocycles. The van der Waals surface area contributed by atoms with Gasteiger partial charge in [-0.2, -0.15) is 15.2 Å². The Hall–Kier alpha value is -3.48. The molecular formula is C28H34N8O. The number of likely N-dealkylation sites (tertiary alicyclic amines) is 1. The molecule has 2 fully saturated rings. The second-order valence-electron chi connectivity index (χ2n) is 10.3. The summed E-state index contributed by atoms with van der Waals surface area (Å²) in [6, 6.07) is 13.8. The number of fused-ring (bicyclic) bond motifs is 2. The van der Waals surface area contributed by atoms with Crippen molar-refractivity contribution in [3.8, 4) is 12.1 Å². The van der Waals surface area contributed by atoms with E-state index < -0.39 is 0 Å². The largest absolute Gasteiger partial charge is 0.462 e. The smallest absolute Gasteiger partial charge is 0.318 e. The highest BCUT2D eigenvalue weighted by Gasteiger charge is 2.30. The van der Waals surface area contributed by atoms with Gasteiger partial charge in [-0.25, -0.2) is 0 Å². The maximum atomic E-state index is 9.25. The Labute approximate surface area is 218 Å². The standard InChI is InChI=1S/C28H34N8O/c1-34-14-4-7-22(34)19-37-28-32-24-18-35(25-8-2-5-20-6-3-12-31-26(20)25)15-10-23(24)27(33-28)36-16-13-30-21(17-36)9-11-29/h2-3,5-6,8,12,21-22,30H,4,7,9-10,13-19H2,1H3. The number of para-hydroxylation sites is 1. The van der Waals surface area contributed by atoms with Crippen LogP contribution in [-0.2, 0) is 13.0 Å². The number of nitrogens with zero attached hydrogens (tertiary/aromatic N) is 7. The minimum Gasteiger partial charge on any atom is -0.462 e.